The fourth-order valence-corrected chi connectivity index (χ4v) is 1.35. The van der Waals surface area contributed by atoms with Gasteiger partial charge in [0.25, 0.3) is 0 Å². The van der Waals surface area contributed by atoms with Crippen molar-refractivity contribution in [1.82, 2.24) is 4.90 Å². The summed E-state index contributed by atoms with van der Waals surface area (Å²) < 4.78 is 40.2. The van der Waals surface area contributed by atoms with Crippen LogP contribution in [0.3, 0.4) is 0 Å². The van der Waals surface area contributed by atoms with Gasteiger partial charge in [0, 0.05) is 7.11 Å². The zero-order chi connectivity index (χ0) is 11.0. The molecule has 1 aliphatic rings. The number of methoxy groups -OCH3 is 1. The summed E-state index contributed by atoms with van der Waals surface area (Å²) in [7, 11) is 1.33. The number of rotatable bonds is 2. The highest BCUT2D eigenvalue weighted by Gasteiger charge is 2.51. The van der Waals surface area contributed by atoms with Crippen LogP contribution in [-0.2, 0) is 9.53 Å². The molecule has 0 unspecified atom stereocenters. The molecule has 0 aromatic heterocycles. The molecule has 1 heterocycles. The second-order valence-electron chi connectivity index (χ2n) is 3.32. The molecule has 82 valence electrons. The van der Waals surface area contributed by atoms with Crippen LogP contribution < -0.4 is 0 Å². The maximum Gasteiger partial charge on any atom is 0.471 e. The maximum absolute atomic E-state index is 11.9. The van der Waals surface area contributed by atoms with E-state index in [4.69, 9.17) is 0 Å². The molecule has 14 heavy (non-hydrogen) atoms. The van der Waals surface area contributed by atoms with E-state index >= 15 is 0 Å². The lowest BCUT2D eigenvalue weighted by Gasteiger charge is -2.45. The molecule has 0 aliphatic carbocycles. The van der Waals surface area contributed by atoms with Gasteiger partial charge in [0.1, 0.15) is 5.60 Å². The van der Waals surface area contributed by atoms with Gasteiger partial charge in [-0.3, -0.25) is 4.79 Å². The summed E-state index contributed by atoms with van der Waals surface area (Å²) in [5.41, 5.74) is -1.32. The first-order chi connectivity index (χ1) is 6.28. The van der Waals surface area contributed by atoms with Crippen molar-refractivity contribution in [2.75, 3.05) is 26.8 Å². The van der Waals surface area contributed by atoms with Gasteiger partial charge in [-0.25, -0.2) is 0 Å². The smallest absolute Gasteiger partial charge is 0.384 e. The summed E-state index contributed by atoms with van der Waals surface area (Å²) in [6, 6.07) is 0. The molecular formula is C7H10F3NO3. The Morgan fingerprint density at radius 3 is 2.43 bits per heavy atom. The van der Waals surface area contributed by atoms with E-state index in [0.717, 1.165) is 0 Å². The van der Waals surface area contributed by atoms with Gasteiger partial charge in [0.2, 0.25) is 0 Å². The molecular weight excluding hydrogens is 203 g/mol. The van der Waals surface area contributed by atoms with Crippen molar-refractivity contribution in [1.29, 1.82) is 0 Å². The molecule has 0 aromatic carbocycles. The van der Waals surface area contributed by atoms with Crippen molar-refractivity contribution < 1.29 is 27.8 Å². The zero-order valence-corrected chi connectivity index (χ0v) is 7.47. The second-order valence-corrected chi connectivity index (χ2v) is 3.32. The fourth-order valence-electron chi connectivity index (χ4n) is 1.35. The van der Waals surface area contributed by atoms with Gasteiger partial charge in [-0.2, -0.15) is 13.2 Å². The number of halogens is 3. The minimum absolute atomic E-state index is 0.0748. The Kier molecular flexibility index (Phi) is 2.73. The standard InChI is InChI=1S/C7H10F3NO3/c1-14-4-6(13)2-11(3-6)5(12)7(8,9)10/h13H,2-4H2,1H3. The third kappa shape index (κ3) is 2.16. The maximum atomic E-state index is 11.9. The topological polar surface area (TPSA) is 49.8 Å². The van der Waals surface area contributed by atoms with Crippen LogP contribution in [-0.4, -0.2) is 54.5 Å². The number of ether oxygens (including phenoxy) is 1. The number of hydrogen-bond donors (Lipinski definition) is 1. The quantitative estimate of drug-likeness (QED) is 0.689. The molecule has 0 atom stereocenters. The highest BCUT2D eigenvalue weighted by molar-refractivity contribution is 5.82. The number of β-amino-alcohol motifs (C(OH)–C–C–N with tert-alkyl or cyclic N) is 1. The number of amides is 1. The highest BCUT2D eigenvalue weighted by Crippen LogP contribution is 2.27. The molecule has 0 radical (unpaired) electrons. The number of hydrogen-bond acceptors (Lipinski definition) is 3. The van der Waals surface area contributed by atoms with E-state index in [1.807, 2.05) is 0 Å². The lowest BCUT2D eigenvalue weighted by atomic mass is 9.95. The zero-order valence-electron chi connectivity index (χ0n) is 7.47. The fraction of sp³-hybridized carbons (Fsp3) is 0.857. The van der Waals surface area contributed by atoms with Crippen molar-refractivity contribution >= 4 is 5.91 Å². The molecule has 1 aliphatic heterocycles. The van der Waals surface area contributed by atoms with Crippen molar-refractivity contribution in [2.24, 2.45) is 0 Å². The second kappa shape index (κ2) is 3.39. The van der Waals surface area contributed by atoms with Crippen LogP contribution in [0.15, 0.2) is 0 Å². The lowest BCUT2D eigenvalue weighted by Crippen LogP contribution is -2.67. The monoisotopic (exact) mass is 213 g/mol. The number of likely N-dealkylation sites (tertiary alicyclic amines) is 1. The molecule has 1 rings (SSSR count). The average Bonchev–Trinajstić information content (AvgIpc) is 1.97. The number of aliphatic hydroxyl groups is 1. The van der Waals surface area contributed by atoms with E-state index in [1.54, 1.807) is 0 Å². The van der Waals surface area contributed by atoms with Crippen molar-refractivity contribution in [2.45, 2.75) is 11.8 Å². The Hall–Kier alpha value is -0.820. The Morgan fingerprint density at radius 2 is 2.07 bits per heavy atom. The summed E-state index contributed by atoms with van der Waals surface area (Å²) in [5, 5.41) is 9.41. The number of nitrogens with zero attached hydrogens (tertiary/aromatic N) is 1. The predicted octanol–water partition coefficient (Wildman–Crippen LogP) is -0.232. The first-order valence-electron chi connectivity index (χ1n) is 3.86. The molecule has 0 spiro atoms. The van der Waals surface area contributed by atoms with Crippen LogP contribution in [0, 0.1) is 0 Å². The normalized spacial score (nSPS) is 20.5. The van der Waals surface area contributed by atoms with Gasteiger partial charge < -0.3 is 14.7 Å². The SMILES string of the molecule is COCC1(O)CN(C(=O)C(F)(F)F)C1. The molecule has 1 amide bonds. The van der Waals surface area contributed by atoms with Gasteiger partial charge in [-0.05, 0) is 0 Å². The van der Waals surface area contributed by atoms with E-state index in [2.05, 4.69) is 4.74 Å². The van der Waals surface area contributed by atoms with Gasteiger partial charge >= 0.3 is 12.1 Å². The Balaban J connectivity index is 2.45. The van der Waals surface area contributed by atoms with Crippen LogP contribution >= 0.6 is 0 Å². The molecule has 0 bridgehead atoms. The minimum Gasteiger partial charge on any atom is -0.384 e. The van der Waals surface area contributed by atoms with Gasteiger partial charge in [-0.1, -0.05) is 0 Å². The first-order valence-corrected chi connectivity index (χ1v) is 3.86. The van der Waals surface area contributed by atoms with Crippen molar-refractivity contribution in [3.05, 3.63) is 0 Å². The third-order valence-corrected chi connectivity index (χ3v) is 1.91. The number of carbonyl (C=O) groups is 1. The Morgan fingerprint density at radius 1 is 1.57 bits per heavy atom. The summed E-state index contributed by atoms with van der Waals surface area (Å²) in [6.07, 6.45) is -4.87. The number of alkyl halides is 3. The van der Waals surface area contributed by atoms with Crippen molar-refractivity contribution in [3.63, 3.8) is 0 Å². The summed E-state index contributed by atoms with van der Waals surface area (Å²) >= 11 is 0. The van der Waals surface area contributed by atoms with Gasteiger partial charge in [0.05, 0.1) is 19.7 Å². The molecule has 4 nitrogen and oxygen atoms in total. The predicted molar refractivity (Wildman–Crippen MR) is 39.5 cm³/mol. The summed E-state index contributed by atoms with van der Waals surface area (Å²) in [4.78, 5) is 11.1. The lowest BCUT2D eigenvalue weighted by molar-refractivity contribution is -0.207. The summed E-state index contributed by atoms with van der Waals surface area (Å²) in [5.74, 6) is -1.92. The van der Waals surface area contributed by atoms with Crippen LogP contribution in [0.1, 0.15) is 0 Å². The van der Waals surface area contributed by atoms with E-state index in [-0.39, 0.29) is 19.7 Å². The van der Waals surface area contributed by atoms with Crippen LogP contribution in [0.25, 0.3) is 0 Å². The average molecular weight is 213 g/mol. The molecule has 7 heteroatoms. The van der Waals surface area contributed by atoms with Crippen LogP contribution in [0.4, 0.5) is 13.2 Å². The first kappa shape index (κ1) is 11.3. The molecule has 1 N–H and O–H groups in total. The highest BCUT2D eigenvalue weighted by atomic mass is 19.4. The van der Waals surface area contributed by atoms with Gasteiger partial charge in [0.15, 0.2) is 0 Å². The van der Waals surface area contributed by atoms with Crippen molar-refractivity contribution in [3.8, 4) is 0 Å². The van der Waals surface area contributed by atoms with Crippen LogP contribution in [0.2, 0.25) is 0 Å². The van der Waals surface area contributed by atoms with E-state index in [9.17, 15) is 23.1 Å². The van der Waals surface area contributed by atoms with E-state index in [0.29, 0.717) is 4.90 Å². The van der Waals surface area contributed by atoms with E-state index in [1.165, 1.54) is 7.11 Å². The molecule has 1 fully saturated rings. The van der Waals surface area contributed by atoms with E-state index < -0.39 is 17.7 Å². The Labute approximate surface area is 78.2 Å². The largest absolute Gasteiger partial charge is 0.471 e. The number of carbonyl (C=O) groups excluding carboxylic acids is 1. The van der Waals surface area contributed by atoms with Gasteiger partial charge in [-0.15, -0.1) is 0 Å². The van der Waals surface area contributed by atoms with Crippen LogP contribution in [0.5, 0.6) is 0 Å². The molecule has 0 saturated carbocycles. The Bertz CT molecular complexity index is 235. The third-order valence-electron chi connectivity index (χ3n) is 1.91. The molecule has 1 saturated heterocycles. The minimum atomic E-state index is -4.87. The summed E-state index contributed by atoms with van der Waals surface area (Å²) in [6.45, 7) is -0.743. The molecule has 0 aromatic rings.